The number of hydrogen-bond acceptors (Lipinski definition) is 5. The number of carbonyl (C=O) groups is 1. The van der Waals surface area contributed by atoms with E-state index < -0.39 is 5.97 Å². The van der Waals surface area contributed by atoms with E-state index in [1.165, 1.54) is 0 Å². The lowest BCUT2D eigenvalue weighted by atomic mass is 10.0. The van der Waals surface area contributed by atoms with Gasteiger partial charge in [-0.1, -0.05) is 41.6 Å². The van der Waals surface area contributed by atoms with Crippen molar-refractivity contribution in [3.8, 4) is 33.9 Å². The van der Waals surface area contributed by atoms with Gasteiger partial charge >= 0.3 is 5.97 Å². The fourth-order valence-corrected chi connectivity index (χ4v) is 2.55. The molecule has 0 unspecified atom stereocenters. The zero-order valence-electron chi connectivity index (χ0n) is 13.4. The van der Waals surface area contributed by atoms with Gasteiger partial charge in [-0.15, -0.1) is 5.10 Å². The molecule has 26 heavy (non-hydrogen) atoms. The van der Waals surface area contributed by atoms with E-state index in [1.807, 2.05) is 42.5 Å². The summed E-state index contributed by atoms with van der Waals surface area (Å²) in [5.74, 6) is -0.727. The van der Waals surface area contributed by atoms with E-state index in [0.29, 0.717) is 5.75 Å². The van der Waals surface area contributed by atoms with Crippen LogP contribution in [0.2, 0.25) is 0 Å². The minimum atomic E-state index is -1.21. The molecule has 0 aliphatic heterocycles. The second-order valence-electron chi connectivity index (χ2n) is 5.51. The van der Waals surface area contributed by atoms with Crippen LogP contribution in [0.1, 0.15) is 10.5 Å². The maximum absolute atomic E-state index is 11.0. The topological polar surface area (TPSA) is 101 Å². The molecule has 4 rings (SSSR count). The maximum Gasteiger partial charge on any atom is 0.362 e. The van der Waals surface area contributed by atoms with Crippen molar-refractivity contribution in [2.45, 2.75) is 0 Å². The molecule has 128 valence electrons. The highest BCUT2D eigenvalue weighted by Gasteiger charge is 2.16. The van der Waals surface area contributed by atoms with Gasteiger partial charge in [-0.2, -0.15) is 0 Å². The Kier molecular flexibility index (Phi) is 3.95. The fourth-order valence-electron chi connectivity index (χ4n) is 2.55. The molecule has 0 atom stereocenters. The lowest BCUT2D eigenvalue weighted by Gasteiger charge is -2.06. The average molecular weight is 347 g/mol. The number of furan rings is 1. The fraction of sp³-hybridized carbons (Fsp3) is 0. The first kappa shape index (κ1) is 15.6. The molecular weight excluding hydrogens is 334 g/mol. The number of nitrogens with one attached hydrogen (secondary N) is 1. The third-order valence-corrected chi connectivity index (χ3v) is 3.87. The van der Waals surface area contributed by atoms with E-state index in [9.17, 15) is 4.79 Å². The summed E-state index contributed by atoms with van der Waals surface area (Å²) in [6, 6.07) is 17.3. The van der Waals surface area contributed by atoms with E-state index in [1.54, 1.807) is 24.7 Å². The quantitative estimate of drug-likeness (QED) is 0.560. The molecule has 7 heteroatoms. The highest BCUT2D eigenvalue weighted by atomic mass is 16.5. The molecule has 0 radical (unpaired) electrons. The molecule has 2 N–H and O–H groups in total. The summed E-state index contributed by atoms with van der Waals surface area (Å²) >= 11 is 0. The monoisotopic (exact) mass is 347 g/mol. The Morgan fingerprint density at radius 2 is 1.54 bits per heavy atom. The second-order valence-corrected chi connectivity index (χ2v) is 5.51. The minimum Gasteiger partial charge on any atom is -0.476 e. The molecule has 2 aromatic carbocycles. The summed E-state index contributed by atoms with van der Waals surface area (Å²) in [7, 11) is 0. The molecule has 0 spiro atoms. The molecule has 0 saturated heterocycles. The first-order chi connectivity index (χ1) is 12.7. The predicted molar refractivity (Wildman–Crippen MR) is 93.0 cm³/mol. The van der Waals surface area contributed by atoms with Crippen LogP contribution < -0.4 is 4.74 Å². The normalized spacial score (nSPS) is 10.6. The van der Waals surface area contributed by atoms with Gasteiger partial charge in [0.1, 0.15) is 5.75 Å². The lowest BCUT2D eigenvalue weighted by Crippen LogP contribution is -1.99. The first-order valence-electron chi connectivity index (χ1n) is 7.76. The molecule has 7 nitrogen and oxygen atoms in total. The van der Waals surface area contributed by atoms with Crippen LogP contribution in [0.4, 0.5) is 0 Å². The summed E-state index contributed by atoms with van der Waals surface area (Å²) in [6.45, 7) is 0. The van der Waals surface area contributed by atoms with E-state index in [2.05, 4.69) is 15.4 Å². The highest BCUT2D eigenvalue weighted by Crippen LogP contribution is 2.28. The Morgan fingerprint density at radius 1 is 0.923 bits per heavy atom. The second kappa shape index (κ2) is 6.56. The van der Waals surface area contributed by atoms with Crippen molar-refractivity contribution < 1.29 is 19.1 Å². The van der Waals surface area contributed by atoms with Crippen molar-refractivity contribution >= 4 is 5.97 Å². The zero-order chi connectivity index (χ0) is 17.9. The van der Waals surface area contributed by atoms with E-state index >= 15 is 0 Å². The van der Waals surface area contributed by atoms with Gasteiger partial charge in [-0.3, -0.25) is 0 Å². The Balaban J connectivity index is 1.52. The number of aromatic carboxylic acids is 1. The number of hydrogen-bond donors (Lipinski definition) is 2. The van der Waals surface area contributed by atoms with Crippen LogP contribution >= 0.6 is 0 Å². The highest BCUT2D eigenvalue weighted by molar-refractivity contribution is 5.87. The van der Waals surface area contributed by atoms with Gasteiger partial charge in [0.15, 0.2) is 0 Å². The van der Waals surface area contributed by atoms with Gasteiger partial charge < -0.3 is 14.3 Å². The van der Waals surface area contributed by atoms with Crippen molar-refractivity contribution in [3.63, 3.8) is 0 Å². The van der Waals surface area contributed by atoms with Crippen LogP contribution in [-0.4, -0.2) is 26.5 Å². The number of H-pyrrole nitrogens is 1. The third kappa shape index (κ3) is 3.05. The number of aromatic amines is 1. The molecule has 0 aliphatic carbocycles. The molecule has 0 amide bonds. The Bertz CT molecular complexity index is 1020. The molecule has 2 aromatic heterocycles. The standard InChI is InChI=1S/C19H13N3O4/c23-19(24)17-18(21-22-20-17)26-16-7-5-13(6-8-16)12-1-3-14(4-2-12)15-9-10-25-11-15/h1-11H,(H,23,24)(H,20,21,22). The number of rotatable bonds is 5. The molecule has 0 fully saturated rings. The molecular formula is C19H13N3O4. The van der Waals surface area contributed by atoms with Crippen LogP contribution in [0.3, 0.4) is 0 Å². The smallest absolute Gasteiger partial charge is 0.362 e. The van der Waals surface area contributed by atoms with Crippen LogP contribution in [-0.2, 0) is 0 Å². The van der Waals surface area contributed by atoms with Gasteiger partial charge in [0, 0.05) is 5.56 Å². The van der Waals surface area contributed by atoms with Crippen LogP contribution in [0.5, 0.6) is 11.6 Å². The summed E-state index contributed by atoms with van der Waals surface area (Å²) < 4.78 is 10.6. The summed E-state index contributed by atoms with van der Waals surface area (Å²) in [5, 5.41) is 18.4. The van der Waals surface area contributed by atoms with Gasteiger partial charge in [0.2, 0.25) is 5.69 Å². The number of aromatic nitrogens is 3. The molecule has 4 aromatic rings. The zero-order valence-corrected chi connectivity index (χ0v) is 13.4. The van der Waals surface area contributed by atoms with Crippen LogP contribution in [0.15, 0.2) is 71.5 Å². The molecule has 0 bridgehead atoms. The summed E-state index contributed by atoms with van der Waals surface area (Å²) in [5.41, 5.74) is 3.91. The Hall–Kier alpha value is -3.87. The van der Waals surface area contributed by atoms with Gasteiger partial charge in [0.05, 0.1) is 12.5 Å². The van der Waals surface area contributed by atoms with Crippen LogP contribution in [0.25, 0.3) is 22.3 Å². The molecule has 0 saturated carbocycles. The largest absolute Gasteiger partial charge is 0.476 e. The van der Waals surface area contributed by atoms with E-state index in [4.69, 9.17) is 14.3 Å². The number of nitrogens with zero attached hydrogens (tertiary/aromatic N) is 2. The van der Waals surface area contributed by atoms with Crippen molar-refractivity contribution in [2.24, 2.45) is 0 Å². The summed E-state index contributed by atoms with van der Waals surface area (Å²) in [6.07, 6.45) is 3.35. The number of ether oxygens (including phenoxy) is 1. The van der Waals surface area contributed by atoms with Crippen molar-refractivity contribution in [1.82, 2.24) is 15.4 Å². The lowest BCUT2D eigenvalue weighted by molar-refractivity contribution is 0.0687. The number of carboxylic acid groups (broad SMARTS) is 1. The third-order valence-electron chi connectivity index (χ3n) is 3.87. The van der Waals surface area contributed by atoms with Gasteiger partial charge in [-0.05, 0) is 34.9 Å². The Morgan fingerprint density at radius 3 is 2.12 bits per heavy atom. The molecule has 0 aliphatic rings. The molecule has 2 heterocycles. The van der Waals surface area contributed by atoms with Crippen molar-refractivity contribution in [2.75, 3.05) is 0 Å². The first-order valence-corrected chi connectivity index (χ1v) is 7.76. The summed E-state index contributed by atoms with van der Waals surface area (Å²) in [4.78, 5) is 11.0. The SMILES string of the molecule is O=C(O)c1nn[nH]c1Oc1ccc(-c2ccc(-c3ccoc3)cc2)cc1. The van der Waals surface area contributed by atoms with Gasteiger partial charge in [-0.25, -0.2) is 9.89 Å². The maximum atomic E-state index is 11.0. The average Bonchev–Trinajstić information content (AvgIpc) is 3.34. The van der Waals surface area contributed by atoms with E-state index in [0.717, 1.165) is 22.3 Å². The minimum absolute atomic E-state index is 0.00489. The van der Waals surface area contributed by atoms with Gasteiger partial charge in [0.25, 0.3) is 5.88 Å². The van der Waals surface area contributed by atoms with Crippen LogP contribution in [0, 0.1) is 0 Å². The van der Waals surface area contributed by atoms with Crippen molar-refractivity contribution in [3.05, 3.63) is 72.8 Å². The van der Waals surface area contributed by atoms with E-state index in [-0.39, 0.29) is 11.6 Å². The Labute approximate surface area is 147 Å². The number of carboxylic acids is 1. The number of benzene rings is 2. The van der Waals surface area contributed by atoms with Crippen molar-refractivity contribution in [1.29, 1.82) is 0 Å². The predicted octanol–water partition coefficient (Wildman–Crippen LogP) is 4.22.